The van der Waals surface area contributed by atoms with Crippen molar-refractivity contribution in [3.8, 4) is 0 Å². The monoisotopic (exact) mass is 301 g/mol. The Morgan fingerprint density at radius 2 is 2.00 bits per heavy atom. The van der Waals surface area contributed by atoms with Gasteiger partial charge in [0.1, 0.15) is 0 Å². The van der Waals surface area contributed by atoms with Crippen molar-refractivity contribution < 1.29 is 27.9 Å². The molecule has 7 heteroatoms. The molecule has 1 aromatic rings. The van der Waals surface area contributed by atoms with Crippen LogP contribution in [0.4, 0.5) is 13.2 Å². The summed E-state index contributed by atoms with van der Waals surface area (Å²) in [4.78, 5) is 24.5. The maximum Gasteiger partial charge on any atom is 0.416 e. The quantitative estimate of drug-likeness (QED) is 0.913. The summed E-state index contributed by atoms with van der Waals surface area (Å²) in [6.45, 7) is 0.392. The highest BCUT2D eigenvalue weighted by Gasteiger charge is 2.32. The van der Waals surface area contributed by atoms with Crippen molar-refractivity contribution in [2.24, 2.45) is 5.92 Å². The number of nitrogens with zero attached hydrogens (tertiary/aromatic N) is 1. The molecule has 1 aliphatic rings. The zero-order chi connectivity index (χ0) is 15.6. The zero-order valence-corrected chi connectivity index (χ0v) is 11.1. The number of carbonyl (C=O) groups excluding carboxylic acids is 1. The molecule has 0 aromatic heterocycles. The lowest BCUT2D eigenvalue weighted by Gasteiger charge is -2.30. The van der Waals surface area contributed by atoms with Crippen LogP contribution in [-0.2, 0) is 11.0 Å². The van der Waals surface area contributed by atoms with Gasteiger partial charge in [0.2, 0.25) is 0 Å². The summed E-state index contributed by atoms with van der Waals surface area (Å²) in [7, 11) is 0. The molecular formula is C14H14F3NO3. The number of amides is 1. The lowest BCUT2D eigenvalue weighted by molar-refractivity contribution is -0.143. The van der Waals surface area contributed by atoms with Gasteiger partial charge in [-0.25, -0.2) is 0 Å². The molecule has 1 atom stereocenters. The first-order chi connectivity index (χ1) is 9.79. The number of carbonyl (C=O) groups is 2. The first-order valence-corrected chi connectivity index (χ1v) is 6.48. The largest absolute Gasteiger partial charge is 0.481 e. The summed E-state index contributed by atoms with van der Waals surface area (Å²) >= 11 is 0. The molecule has 0 radical (unpaired) electrons. The minimum absolute atomic E-state index is 0.0322. The molecule has 1 aliphatic heterocycles. The van der Waals surface area contributed by atoms with Crippen LogP contribution in [-0.4, -0.2) is 35.0 Å². The van der Waals surface area contributed by atoms with E-state index in [0.29, 0.717) is 19.4 Å². The number of benzene rings is 1. The van der Waals surface area contributed by atoms with Gasteiger partial charge < -0.3 is 10.0 Å². The molecule has 0 saturated carbocycles. The van der Waals surface area contributed by atoms with Gasteiger partial charge in [-0.05, 0) is 31.0 Å². The molecule has 0 unspecified atom stereocenters. The normalized spacial score (nSPS) is 19.4. The van der Waals surface area contributed by atoms with E-state index in [0.717, 1.165) is 12.1 Å². The number of rotatable bonds is 2. The van der Waals surface area contributed by atoms with Gasteiger partial charge in [-0.1, -0.05) is 6.07 Å². The van der Waals surface area contributed by atoms with Crippen LogP contribution in [0.5, 0.6) is 0 Å². The van der Waals surface area contributed by atoms with Crippen molar-refractivity contribution in [3.63, 3.8) is 0 Å². The van der Waals surface area contributed by atoms with E-state index in [-0.39, 0.29) is 12.1 Å². The van der Waals surface area contributed by atoms with Crippen molar-refractivity contribution >= 4 is 11.9 Å². The average molecular weight is 301 g/mol. The van der Waals surface area contributed by atoms with Crippen molar-refractivity contribution in [2.75, 3.05) is 13.1 Å². The Kier molecular flexibility index (Phi) is 4.20. The summed E-state index contributed by atoms with van der Waals surface area (Å²) in [5.74, 6) is -2.21. The average Bonchev–Trinajstić information content (AvgIpc) is 2.46. The van der Waals surface area contributed by atoms with Crippen LogP contribution in [0.1, 0.15) is 28.8 Å². The highest BCUT2D eigenvalue weighted by Crippen LogP contribution is 2.30. The molecular weight excluding hydrogens is 287 g/mol. The van der Waals surface area contributed by atoms with Gasteiger partial charge in [0, 0.05) is 18.7 Å². The highest BCUT2D eigenvalue weighted by molar-refractivity contribution is 5.94. The van der Waals surface area contributed by atoms with Crippen LogP contribution in [0.2, 0.25) is 0 Å². The molecule has 21 heavy (non-hydrogen) atoms. The van der Waals surface area contributed by atoms with Gasteiger partial charge in [0.05, 0.1) is 11.5 Å². The fraction of sp³-hybridized carbons (Fsp3) is 0.429. The molecule has 0 spiro atoms. The van der Waals surface area contributed by atoms with Crippen molar-refractivity contribution in [3.05, 3.63) is 35.4 Å². The van der Waals surface area contributed by atoms with E-state index < -0.39 is 29.5 Å². The molecule has 4 nitrogen and oxygen atoms in total. The van der Waals surface area contributed by atoms with Crippen LogP contribution in [0.3, 0.4) is 0 Å². The van der Waals surface area contributed by atoms with Crippen LogP contribution in [0.25, 0.3) is 0 Å². The Hall–Kier alpha value is -2.05. The topological polar surface area (TPSA) is 57.6 Å². The summed E-state index contributed by atoms with van der Waals surface area (Å²) < 4.78 is 37.9. The zero-order valence-electron chi connectivity index (χ0n) is 11.1. The van der Waals surface area contributed by atoms with E-state index in [1.54, 1.807) is 0 Å². The lowest BCUT2D eigenvalue weighted by atomic mass is 9.97. The first-order valence-electron chi connectivity index (χ1n) is 6.48. The molecule has 1 fully saturated rings. The number of hydrogen-bond acceptors (Lipinski definition) is 2. The van der Waals surface area contributed by atoms with Gasteiger partial charge in [0.25, 0.3) is 5.91 Å². The fourth-order valence-electron chi connectivity index (χ4n) is 2.37. The second-order valence-corrected chi connectivity index (χ2v) is 5.01. The number of likely N-dealkylation sites (tertiary alicyclic amines) is 1. The Morgan fingerprint density at radius 1 is 1.29 bits per heavy atom. The van der Waals surface area contributed by atoms with Crippen molar-refractivity contribution in [1.82, 2.24) is 4.90 Å². The second-order valence-electron chi connectivity index (χ2n) is 5.01. The number of carboxylic acids is 1. The minimum atomic E-state index is -4.51. The SMILES string of the molecule is O=C(O)[C@H]1CCCN(C(=O)c2cccc(C(F)(F)F)c2)C1. The van der Waals surface area contributed by atoms with Gasteiger partial charge >= 0.3 is 12.1 Å². The van der Waals surface area contributed by atoms with E-state index in [1.165, 1.54) is 17.0 Å². The first kappa shape index (κ1) is 15.3. The molecule has 0 bridgehead atoms. The fourth-order valence-corrected chi connectivity index (χ4v) is 2.37. The standard InChI is InChI=1S/C14H14F3NO3/c15-14(16,17)11-5-1-3-9(7-11)12(19)18-6-2-4-10(8-18)13(20)21/h1,3,5,7,10H,2,4,6,8H2,(H,20,21)/t10-/m0/s1. The maximum atomic E-state index is 12.6. The second kappa shape index (κ2) is 5.75. The molecule has 1 N–H and O–H groups in total. The van der Waals surface area contributed by atoms with Crippen LogP contribution < -0.4 is 0 Å². The maximum absolute atomic E-state index is 12.6. The number of halogens is 3. The van der Waals surface area contributed by atoms with Crippen LogP contribution in [0, 0.1) is 5.92 Å². The molecule has 2 rings (SSSR count). The van der Waals surface area contributed by atoms with Crippen LogP contribution >= 0.6 is 0 Å². The molecule has 1 heterocycles. The molecule has 0 aliphatic carbocycles. The van der Waals surface area contributed by atoms with Gasteiger partial charge in [-0.3, -0.25) is 9.59 Å². The number of aliphatic carboxylic acids is 1. The third-order valence-electron chi connectivity index (χ3n) is 3.49. The Balaban J connectivity index is 2.18. The van der Waals surface area contributed by atoms with Crippen LogP contribution in [0.15, 0.2) is 24.3 Å². The highest BCUT2D eigenvalue weighted by atomic mass is 19.4. The van der Waals surface area contributed by atoms with E-state index in [2.05, 4.69) is 0 Å². The summed E-state index contributed by atoms with van der Waals surface area (Å²) in [5.41, 5.74) is -0.962. The van der Waals surface area contributed by atoms with Gasteiger partial charge in [-0.15, -0.1) is 0 Å². The summed E-state index contributed by atoms with van der Waals surface area (Å²) in [6.07, 6.45) is -3.51. The molecule has 1 aromatic carbocycles. The van der Waals surface area contributed by atoms with Crippen molar-refractivity contribution in [2.45, 2.75) is 19.0 Å². The summed E-state index contributed by atoms with van der Waals surface area (Å²) in [5, 5.41) is 8.97. The molecule has 114 valence electrons. The number of carboxylic acid groups (broad SMARTS) is 1. The molecule has 1 saturated heterocycles. The smallest absolute Gasteiger partial charge is 0.416 e. The third kappa shape index (κ3) is 3.53. The van der Waals surface area contributed by atoms with E-state index in [9.17, 15) is 22.8 Å². The van der Waals surface area contributed by atoms with Gasteiger partial charge in [0.15, 0.2) is 0 Å². The van der Waals surface area contributed by atoms with E-state index in [4.69, 9.17) is 5.11 Å². The predicted molar refractivity (Wildman–Crippen MR) is 67.7 cm³/mol. The number of alkyl halides is 3. The molecule has 1 amide bonds. The van der Waals surface area contributed by atoms with Gasteiger partial charge in [-0.2, -0.15) is 13.2 Å². The number of hydrogen-bond donors (Lipinski definition) is 1. The lowest BCUT2D eigenvalue weighted by Crippen LogP contribution is -2.42. The predicted octanol–water partition coefficient (Wildman–Crippen LogP) is 2.64. The summed E-state index contributed by atoms with van der Waals surface area (Å²) in [6, 6.07) is 4.18. The Morgan fingerprint density at radius 3 is 2.62 bits per heavy atom. The van der Waals surface area contributed by atoms with Crippen molar-refractivity contribution in [1.29, 1.82) is 0 Å². The Bertz CT molecular complexity index is 557. The minimum Gasteiger partial charge on any atom is -0.481 e. The number of piperidine rings is 1. The third-order valence-corrected chi connectivity index (χ3v) is 3.49. The van der Waals surface area contributed by atoms with E-state index >= 15 is 0 Å². The Labute approximate surface area is 119 Å². The van der Waals surface area contributed by atoms with E-state index in [1.807, 2.05) is 0 Å².